The second-order valence-electron chi connectivity index (χ2n) is 10.5. The highest BCUT2D eigenvalue weighted by atomic mass is 19.4. The lowest BCUT2D eigenvalue weighted by Crippen LogP contribution is -2.40. The number of hydrogen-bond acceptors (Lipinski definition) is 5. The van der Waals surface area contributed by atoms with E-state index < -0.39 is 17.4 Å². The molecule has 5 heterocycles. The van der Waals surface area contributed by atoms with Crippen LogP contribution in [0.1, 0.15) is 40.8 Å². The van der Waals surface area contributed by atoms with Crippen LogP contribution in [0.3, 0.4) is 0 Å². The molecule has 0 amide bonds. The summed E-state index contributed by atoms with van der Waals surface area (Å²) in [5, 5.41) is 7.38. The topological polar surface area (TPSA) is 76.8 Å². The number of nitrogens with one attached hydrogen (secondary N) is 1. The zero-order chi connectivity index (χ0) is 27.3. The van der Waals surface area contributed by atoms with Gasteiger partial charge in [-0.05, 0) is 48.7 Å². The minimum Gasteiger partial charge on any atom is -0.381 e. The molecule has 1 aromatic carbocycles. The molecule has 0 bridgehead atoms. The fourth-order valence-electron chi connectivity index (χ4n) is 5.68. The van der Waals surface area contributed by atoms with Gasteiger partial charge in [0.05, 0.1) is 48.4 Å². The number of halogens is 3. The van der Waals surface area contributed by atoms with Crippen LogP contribution in [-0.2, 0) is 22.2 Å². The number of aromatic amines is 1. The van der Waals surface area contributed by atoms with E-state index in [0.29, 0.717) is 50.7 Å². The summed E-state index contributed by atoms with van der Waals surface area (Å²) in [5.41, 5.74) is 2.21. The summed E-state index contributed by atoms with van der Waals surface area (Å²) in [4.78, 5) is 15.6. The first-order valence-corrected chi connectivity index (χ1v) is 13.0. The van der Waals surface area contributed by atoms with E-state index >= 15 is 0 Å². The molecule has 3 aromatic heterocycles. The molecule has 39 heavy (non-hydrogen) atoms. The lowest BCUT2D eigenvalue weighted by atomic mass is 9.81. The molecule has 1 N–H and O–H groups in total. The Kier molecular flexibility index (Phi) is 6.60. The lowest BCUT2D eigenvalue weighted by Gasteiger charge is -2.33. The highest BCUT2D eigenvalue weighted by Crippen LogP contribution is 2.38. The Morgan fingerprint density at radius 2 is 2.03 bits per heavy atom. The van der Waals surface area contributed by atoms with E-state index in [0.717, 1.165) is 27.3 Å². The van der Waals surface area contributed by atoms with Gasteiger partial charge in [0.2, 0.25) is 0 Å². The van der Waals surface area contributed by atoms with Crippen LogP contribution in [0.25, 0.3) is 11.2 Å². The number of ether oxygens (including phenoxy) is 2. The monoisotopic (exact) mass is 541 g/mol. The average molecular weight is 542 g/mol. The van der Waals surface area contributed by atoms with Crippen molar-refractivity contribution in [3.8, 4) is 5.69 Å². The minimum atomic E-state index is -4.62. The summed E-state index contributed by atoms with van der Waals surface area (Å²) >= 11 is 0. The number of nitrogens with zero attached hydrogens (tertiary/aromatic N) is 4. The Morgan fingerprint density at radius 3 is 2.69 bits per heavy atom. The van der Waals surface area contributed by atoms with Gasteiger partial charge in [-0.2, -0.15) is 18.3 Å². The fourth-order valence-corrected chi connectivity index (χ4v) is 5.68. The molecule has 11 heteroatoms. The number of pyridine rings is 1. The van der Waals surface area contributed by atoms with Gasteiger partial charge in [-0.1, -0.05) is 12.1 Å². The molecule has 0 radical (unpaired) electrons. The zero-order valence-electron chi connectivity index (χ0n) is 21.7. The van der Waals surface area contributed by atoms with Crippen molar-refractivity contribution >= 4 is 5.52 Å². The first-order chi connectivity index (χ1) is 18.7. The Labute approximate surface area is 223 Å². The number of benzene rings is 1. The average Bonchev–Trinajstić information content (AvgIpc) is 3.43. The quantitative estimate of drug-likeness (QED) is 0.397. The molecule has 0 aliphatic carbocycles. The Balaban J connectivity index is 1.42. The molecule has 2 aliphatic rings. The smallest absolute Gasteiger partial charge is 0.381 e. The van der Waals surface area contributed by atoms with Gasteiger partial charge < -0.3 is 9.47 Å². The van der Waals surface area contributed by atoms with Gasteiger partial charge in [0, 0.05) is 50.1 Å². The third-order valence-electron chi connectivity index (χ3n) is 7.67. The number of H-pyrrole nitrogens is 1. The van der Waals surface area contributed by atoms with E-state index in [1.807, 2.05) is 43.1 Å². The van der Waals surface area contributed by atoms with Crippen molar-refractivity contribution in [1.82, 2.24) is 24.1 Å². The molecular weight excluding hydrogens is 511 g/mol. The maximum Gasteiger partial charge on any atom is 0.418 e. The van der Waals surface area contributed by atoms with Crippen LogP contribution in [0.5, 0.6) is 0 Å². The molecule has 8 nitrogen and oxygen atoms in total. The van der Waals surface area contributed by atoms with Gasteiger partial charge in [0.25, 0.3) is 0 Å². The largest absolute Gasteiger partial charge is 0.418 e. The Bertz CT molecular complexity index is 1550. The number of morpholine rings is 1. The summed E-state index contributed by atoms with van der Waals surface area (Å²) in [6, 6.07) is 8.54. The standard InChI is InChI=1S/C28H30F3N5O3/c1-17-10-32-33-26(17)25(21-15-38-16-21)20-4-3-5-22(9-20)35-14-24-23(28(29,30)31)8-19(13-36(24)27(35)37)12-34-6-7-39-18(2)11-34/h3-5,8-10,13-14,18,21,25H,6-7,11-12,15-16H2,1-2H3,(H,32,33)/t18-,25+/m1/s1. The minimum absolute atomic E-state index is 0.00114. The van der Waals surface area contributed by atoms with Gasteiger partial charge in [-0.15, -0.1) is 0 Å². The molecule has 0 unspecified atom stereocenters. The first kappa shape index (κ1) is 25.8. The van der Waals surface area contributed by atoms with Gasteiger partial charge in [-0.3, -0.25) is 19.0 Å². The third kappa shape index (κ3) is 4.90. The predicted octanol–water partition coefficient (Wildman–Crippen LogP) is 4.14. The van der Waals surface area contributed by atoms with Crippen molar-refractivity contribution in [2.45, 2.75) is 38.6 Å². The van der Waals surface area contributed by atoms with E-state index in [-0.39, 0.29) is 23.5 Å². The third-order valence-corrected chi connectivity index (χ3v) is 7.67. The van der Waals surface area contributed by atoms with Crippen molar-refractivity contribution in [1.29, 1.82) is 0 Å². The molecule has 206 valence electrons. The van der Waals surface area contributed by atoms with E-state index in [9.17, 15) is 18.0 Å². The first-order valence-electron chi connectivity index (χ1n) is 13.0. The molecule has 6 rings (SSSR count). The Hall–Kier alpha value is -3.41. The maximum atomic E-state index is 14.2. The maximum absolute atomic E-state index is 14.2. The van der Waals surface area contributed by atoms with Gasteiger partial charge in [0.15, 0.2) is 0 Å². The summed E-state index contributed by atoms with van der Waals surface area (Å²) in [7, 11) is 0. The summed E-state index contributed by atoms with van der Waals surface area (Å²) in [5.74, 6) is 0.153. The predicted molar refractivity (Wildman–Crippen MR) is 138 cm³/mol. The number of hydrogen-bond donors (Lipinski definition) is 1. The van der Waals surface area contributed by atoms with Crippen molar-refractivity contribution in [3.63, 3.8) is 0 Å². The van der Waals surface area contributed by atoms with Crippen molar-refractivity contribution in [3.05, 3.63) is 87.4 Å². The second-order valence-corrected chi connectivity index (χ2v) is 10.5. The van der Waals surface area contributed by atoms with Crippen LogP contribution in [-0.4, -0.2) is 63.1 Å². The highest BCUT2D eigenvalue weighted by molar-refractivity contribution is 5.58. The number of alkyl halides is 3. The second kappa shape index (κ2) is 9.96. The Morgan fingerprint density at radius 1 is 1.21 bits per heavy atom. The van der Waals surface area contributed by atoms with Gasteiger partial charge >= 0.3 is 11.9 Å². The van der Waals surface area contributed by atoms with Crippen LogP contribution in [0.4, 0.5) is 13.2 Å². The molecular formula is C28H30F3N5O3. The summed E-state index contributed by atoms with van der Waals surface area (Å²) in [6.45, 7) is 7.16. The molecule has 0 spiro atoms. The van der Waals surface area contributed by atoms with Gasteiger partial charge in [0.1, 0.15) is 0 Å². The van der Waals surface area contributed by atoms with E-state index in [2.05, 4.69) is 10.2 Å². The summed E-state index contributed by atoms with van der Waals surface area (Å²) in [6.07, 6.45) is 0.0274. The van der Waals surface area contributed by atoms with Crippen molar-refractivity contribution in [2.75, 3.05) is 32.9 Å². The number of aryl methyl sites for hydroxylation is 1. The van der Waals surface area contributed by atoms with Crippen LogP contribution in [0, 0.1) is 12.8 Å². The van der Waals surface area contributed by atoms with E-state index in [4.69, 9.17) is 9.47 Å². The number of imidazole rings is 1. The number of aromatic nitrogens is 4. The summed E-state index contributed by atoms with van der Waals surface area (Å²) < 4.78 is 56.0. The van der Waals surface area contributed by atoms with Crippen molar-refractivity contribution < 1.29 is 22.6 Å². The van der Waals surface area contributed by atoms with E-state index in [1.54, 1.807) is 6.07 Å². The van der Waals surface area contributed by atoms with Crippen LogP contribution in [0.15, 0.2) is 53.7 Å². The normalized spacial score (nSPS) is 19.9. The van der Waals surface area contributed by atoms with Crippen LogP contribution in [0.2, 0.25) is 0 Å². The molecule has 2 atom stereocenters. The molecule has 0 saturated carbocycles. The zero-order valence-corrected chi connectivity index (χ0v) is 21.7. The molecule has 2 fully saturated rings. The number of fused-ring (bicyclic) bond motifs is 1. The van der Waals surface area contributed by atoms with Crippen LogP contribution >= 0.6 is 0 Å². The highest BCUT2D eigenvalue weighted by Gasteiger charge is 2.36. The lowest BCUT2D eigenvalue weighted by molar-refractivity contribution is -0.136. The SMILES string of the molecule is Cc1c[nH]nc1[C@@H](c1cccc(-n2cc3c(C(F)(F)F)cc(CN4CCO[C@H](C)C4)cn3c2=O)c1)C1COC1. The fraction of sp³-hybridized carbons (Fsp3) is 0.429. The molecule has 2 saturated heterocycles. The number of rotatable bonds is 6. The molecule has 4 aromatic rings. The van der Waals surface area contributed by atoms with Gasteiger partial charge in [-0.25, -0.2) is 4.79 Å². The van der Waals surface area contributed by atoms with Crippen LogP contribution < -0.4 is 5.69 Å². The van der Waals surface area contributed by atoms with E-state index in [1.165, 1.54) is 17.0 Å². The van der Waals surface area contributed by atoms with Crippen molar-refractivity contribution in [2.24, 2.45) is 5.92 Å². The molecule has 2 aliphatic heterocycles.